The summed E-state index contributed by atoms with van der Waals surface area (Å²) < 4.78 is 19.8. The van der Waals surface area contributed by atoms with Gasteiger partial charge in [-0.3, -0.25) is 4.79 Å². The van der Waals surface area contributed by atoms with Crippen molar-refractivity contribution in [3.05, 3.63) is 72.3 Å². The molecular weight excluding hydrogens is 297 g/mol. The molecular formula is C17H14FN3O2. The van der Waals surface area contributed by atoms with Crippen molar-refractivity contribution in [1.29, 1.82) is 0 Å². The summed E-state index contributed by atoms with van der Waals surface area (Å²) in [5.74, 6) is -0.585. The van der Waals surface area contributed by atoms with Gasteiger partial charge in [0.05, 0.1) is 18.5 Å². The maximum Gasteiger partial charge on any atom is 0.276 e. The molecule has 0 bridgehead atoms. The Kier molecular flexibility index (Phi) is 4.05. The van der Waals surface area contributed by atoms with Crippen LogP contribution in [0, 0.1) is 5.82 Å². The number of hydrogen-bond acceptors (Lipinski definition) is 3. The molecule has 3 rings (SSSR count). The van der Waals surface area contributed by atoms with E-state index in [-0.39, 0.29) is 11.4 Å². The average molecular weight is 311 g/mol. The Hall–Kier alpha value is -3.15. The van der Waals surface area contributed by atoms with Gasteiger partial charge < -0.3 is 10.1 Å². The maximum absolute atomic E-state index is 13.2. The molecule has 3 aromatic rings. The number of aromatic nitrogens is 2. The van der Waals surface area contributed by atoms with Crippen LogP contribution in [0.5, 0.6) is 5.75 Å². The summed E-state index contributed by atoms with van der Waals surface area (Å²) >= 11 is 0. The standard InChI is InChI=1S/C17H14FN3O2/c1-23-16-11-12(18)7-8-14(16)19-17(22)15-9-10-21(20-15)13-5-3-2-4-6-13/h2-11H,1H3,(H,19,22). The molecule has 0 fully saturated rings. The Labute approximate surface area is 132 Å². The highest BCUT2D eigenvalue weighted by Gasteiger charge is 2.13. The van der Waals surface area contributed by atoms with E-state index in [4.69, 9.17) is 4.74 Å². The zero-order chi connectivity index (χ0) is 16.2. The highest BCUT2D eigenvalue weighted by Crippen LogP contribution is 2.25. The van der Waals surface area contributed by atoms with Gasteiger partial charge in [-0.2, -0.15) is 5.10 Å². The summed E-state index contributed by atoms with van der Waals surface area (Å²) in [6.45, 7) is 0. The zero-order valence-corrected chi connectivity index (χ0v) is 12.4. The highest BCUT2D eigenvalue weighted by molar-refractivity contribution is 6.03. The first-order valence-electron chi connectivity index (χ1n) is 6.93. The normalized spacial score (nSPS) is 10.3. The van der Waals surface area contributed by atoms with Crippen molar-refractivity contribution >= 4 is 11.6 Å². The van der Waals surface area contributed by atoms with Gasteiger partial charge in [0, 0.05) is 12.3 Å². The number of methoxy groups -OCH3 is 1. The maximum atomic E-state index is 13.2. The Morgan fingerprint density at radius 1 is 1.17 bits per heavy atom. The molecule has 0 saturated heterocycles. The fraction of sp³-hybridized carbons (Fsp3) is 0.0588. The Balaban J connectivity index is 1.81. The molecule has 1 aromatic heterocycles. The van der Waals surface area contributed by atoms with Gasteiger partial charge in [-0.25, -0.2) is 9.07 Å². The van der Waals surface area contributed by atoms with Crippen LogP contribution in [0.1, 0.15) is 10.5 Å². The largest absolute Gasteiger partial charge is 0.494 e. The van der Waals surface area contributed by atoms with Crippen molar-refractivity contribution in [2.24, 2.45) is 0 Å². The summed E-state index contributed by atoms with van der Waals surface area (Å²) in [6.07, 6.45) is 1.70. The monoisotopic (exact) mass is 311 g/mol. The number of carbonyl (C=O) groups excluding carboxylic acids is 1. The van der Waals surface area contributed by atoms with Crippen LogP contribution in [-0.4, -0.2) is 22.8 Å². The molecule has 0 aliphatic carbocycles. The third kappa shape index (κ3) is 3.21. The van der Waals surface area contributed by atoms with Gasteiger partial charge in [-0.15, -0.1) is 0 Å². The predicted octanol–water partition coefficient (Wildman–Crippen LogP) is 3.27. The first kappa shape index (κ1) is 14.8. The van der Waals surface area contributed by atoms with E-state index in [0.29, 0.717) is 5.69 Å². The number of halogens is 1. The SMILES string of the molecule is COc1cc(F)ccc1NC(=O)c1ccn(-c2ccccc2)n1. The smallest absolute Gasteiger partial charge is 0.276 e. The molecule has 5 nitrogen and oxygen atoms in total. The number of anilines is 1. The summed E-state index contributed by atoms with van der Waals surface area (Å²) in [4.78, 5) is 12.3. The lowest BCUT2D eigenvalue weighted by atomic mass is 10.2. The third-order valence-corrected chi connectivity index (χ3v) is 3.25. The Morgan fingerprint density at radius 2 is 1.96 bits per heavy atom. The topological polar surface area (TPSA) is 56.1 Å². The van der Waals surface area contributed by atoms with Gasteiger partial charge >= 0.3 is 0 Å². The van der Waals surface area contributed by atoms with Crippen molar-refractivity contribution < 1.29 is 13.9 Å². The average Bonchev–Trinajstić information content (AvgIpc) is 3.07. The molecule has 1 heterocycles. The lowest BCUT2D eigenvalue weighted by Crippen LogP contribution is -2.14. The van der Waals surface area contributed by atoms with Gasteiger partial charge in [-0.05, 0) is 30.3 Å². The van der Waals surface area contributed by atoms with E-state index in [1.54, 1.807) is 16.9 Å². The quantitative estimate of drug-likeness (QED) is 0.804. The van der Waals surface area contributed by atoms with E-state index in [9.17, 15) is 9.18 Å². The second-order valence-corrected chi connectivity index (χ2v) is 4.78. The molecule has 0 unspecified atom stereocenters. The van der Waals surface area contributed by atoms with E-state index in [1.807, 2.05) is 30.3 Å². The number of rotatable bonds is 4. The number of hydrogen-bond donors (Lipinski definition) is 1. The number of amides is 1. The molecule has 0 saturated carbocycles. The van der Waals surface area contributed by atoms with Gasteiger partial charge in [0.25, 0.3) is 5.91 Å². The fourth-order valence-corrected chi connectivity index (χ4v) is 2.12. The second-order valence-electron chi connectivity index (χ2n) is 4.78. The number of carbonyl (C=O) groups is 1. The van der Waals surface area contributed by atoms with Crippen LogP contribution in [0.15, 0.2) is 60.8 Å². The molecule has 0 radical (unpaired) electrons. The molecule has 6 heteroatoms. The lowest BCUT2D eigenvalue weighted by Gasteiger charge is -2.09. The van der Waals surface area contributed by atoms with Gasteiger partial charge in [0.15, 0.2) is 5.69 Å². The van der Waals surface area contributed by atoms with Crippen molar-refractivity contribution in [1.82, 2.24) is 9.78 Å². The Morgan fingerprint density at radius 3 is 2.70 bits per heavy atom. The van der Waals surface area contributed by atoms with Crippen LogP contribution in [0.4, 0.5) is 10.1 Å². The van der Waals surface area contributed by atoms with Crippen molar-refractivity contribution in [3.63, 3.8) is 0 Å². The molecule has 0 aliphatic heterocycles. The van der Waals surface area contributed by atoms with Crippen LogP contribution in [-0.2, 0) is 0 Å². The minimum atomic E-state index is -0.437. The lowest BCUT2D eigenvalue weighted by molar-refractivity contribution is 0.102. The van der Waals surface area contributed by atoms with Crippen LogP contribution in [0.3, 0.4) is 0 Å². The highest BCUT2D eigenvalue weighted by atomic mass is 19.1. The predicted molar refractivity (Wildman–Crippen MR) is 84.5 cm³/mol. The van der Waals surface area contributed by atoms with E-state index >= 15 is 0 Å². The van der Waals surface area contributed by atoms with Gasteiger partial charge in [-0.1, -0.05) is 18.2 Å². The van der Waals surface area contributed by atoms with Crippen molar-refractivity contribution in [3.8, 4) is 11.4 Å². The van der Waals surface area contributed by atoms with Crippen LogP contribution in [0.25, 0.3) is 5.69 Å². The van der Waals surface area contributed by atoms with Gasteiger partial charge in [0.2, 0.25) is 0 Å². The molecule has 0 atom stereocenters. The molecule has 0 spiro atoms. The molecule has 0 aliphatic rings. The number of nitrogens with one attached hydrogen (secondary N) is 1. The van der Waals surface area contributed by atoms with E-state index in [1.165, 1.54) is 25.3 Å². The molecule has 1 amide bonds. The Bertz CT molecular complexity index is 831. The summed E-state index contributed by atoms with van der Waals surface area (Å²) in [7, 11) is 1.41. The summed E-state index contributed by atoms with van der Waals surface area (Å²) in [5, 5.41) is 6.90. The van der Waals surface area contributed by atoms with Crippen molar-refractivity contribution in [2.45, 2.75) is 0 Å². The van der Waals surface area contributed by atoms with Crippen LogP contribution in [0.2, 0.25) is 0 Å². The first-order chi connectivity index (χ1) is 11.2. The molecule has 2 aromatic carbocycles. The first-order valence-corrected chi connectivity index (χ1v) is 6.93. The number of nitrogens with zero attached hydrogens (tertiary/aromatic N) is 2. The van der Waals surface area contributed by atoms with E-state index < -0.39 is 11.7 Å². The summed E-state index contributed by atoms with van der Waals surface area (Å²) in [6, 6.07) is 15.0. The summed E-state index contributed by atoms with van der Waals surface area (Å²) in [5.41, 5.74) is 1.49. The van der Waals surface area contributed by atoms with Gasteiger partial charge in [0.1, 0.15) is 11.6 Å². The van der Waals surface area contributed by atoms with E-state index in [2.05, 4.69) is 10.4 Å². The van der Waals surface area contributed by atoms with E-state index in [0.717, 1.165) is 5.69 Å². The van der Waals surface area contributed by atoms with Crippen molar-refractivity contribution in [2.75, 3.05) is 12.4 Å². The minimum absolute atomic E-state index is 0.250. The molecule has 23 heavy (non-hydrogen) atoms. The van der Waals surface area contributed by atoms with Crippen LogP contribution >= 0.6 is 0 Å². The number of ether oxygens (including phenoxy) is 1. The number of para-hydroxylation sites is 1. The third-order valence-electron chi connectivity index (χ3n) is 3.25. The molecule has 116 valence electrons. The molecule has 1 N–H and O–H groups in total. The second kappa shape index (κ2) is 6.31. The minimum Gasteiger partial charge on any atom is -0.494 e. The fourth-order valence-electron chi connectivity index (χ4n) is 2.12. The number of benzene rings is 2. The van der Waals surface area contributed by atoms with Crippen LogP contribution < -0.4 is 10.1 Å². The zero-order valence-electron chi connectivity index (χ0n) is 12.4.